The molecule has 0 saturated heterocycles. The number of hydrogen-bond acceptors (Lipinski definition) is 3. The Bertz CT molecular complexity index is 540. The lowest BCUT2D eigenvalue weighted by atomic mass is 10.2. The molecule has 4 heteroatoms. The zero-order chi connectivity index (χ0) is 12.4. The van der Waals surface area contributed by atoms with E-state index < -0.39 is 0 Å². The number of halogens is 1. The fourth-order valence-corrected chi connectivity index (χ4v) is 1.95. The summed E-state index contributed by atoms with van der Waals surface area (Å²) in [6, 6.07) is 11.9. The number of nitrogen functional groups attached to an aromatic ring is 1. The van der Waals surface area contributed by atoms with Crippen LogP contribution in [0.2, 0.25) is 0 Å². The molecule has 0 unspecified atom stereocenters. The van der Waals surface area contributed by atoms with Gasteiger partial charge in [-0.2, -0.15) is 0 Å². The third kappa shape index (κ3) is 2.58. The van der Waals surface area contributed by atoms with Crippen molar-refractivity contribution in [2.45, 2.75) is 6.92 Å². The van der Waals surface area contributed by atoms with Crippen molar-refractivity contribution in [3.05, 3.63) is 46.6 Å². The molecule has 2 rings (SSSR count). The zero-order valence-electron chi connectivity index (χ0n) is 9.81. The molecule has 0 aliphatic heterocycles. The second-order valence-corrected chi connectivity index (χ2v) is 4.80. The maximum atomic E-state index is 5.76. The highest BCUT2D eigenvalue weighted by Crippen LogP contribution is 2.25. The van der Waals surface area contributed by atoms with Crippen LogP contribution < -0.4 is 10.6 Å². The van der Waals surface area contributed by atoms with Gasteiger partial charge < -0.3 is 10.6 Å². The smallest absolute Gasteiger partial charge is 0.133 e. The van der Waals surface area contributed by atoms with Gasteiger partial charge in [-0.3, -0.25) is 0 Å². The van der Waals surface area contributed by atoms with Crippen molar-refractivity contribution in [3.63, 3.8) is 0 Å². The molecule has 0 aliphatic rings. The fraction of sp³-hybridized carbons (Fsp3) is 0.154. The van der Waals surface area contributed by atoms with Crippen LogP contribution in [0.3, 0.4) is 0 Å². The highest BCUT2D eigenvalue weighted by atomic mass is 79.9. The Hall–Kier alpha value is -1.55. The molecule has 0 fully saturated rings. The summed E-state index contributed by atoms with van der Waals surface area (Å²) in [6.07, 6.45) is 0. The van der Waals surface area contributed by atoms with Gasteiger partial charge in [0, 0.05) is 17.2 Å². The van der Waals surface area contributed by atoms with Gasteiger partial charge in [0.05, 0.1) is 11.4 Å². The maximum Gasteiger partial charge on any atom is 0.133 e. The molecule has 2 N–H and O–H groups in total. The summed E-state index contributed by atoms with van der Waals surface area (Å²) < 4.78 is 1.05. The second kappa shape index (κ2) is 4.75. The Morgan fingerprint density at radius 2 is 2.00 bits per heavy atom. The van der Waals surface area contributed by atoms with E-state index in [1.807, 2.05) is 55.3 Å². The number of aromatic nitrogens is 1. The molecule has 88 valence electrons. The van der Waals surface area contributed by atoms with E-state index in [4.69, 9.17) is 5.73 Å². The number of aryl methyl sites for hydroxylation is 1. The average Bonchev–Trinajstić information content (AvgIpc) is 2.32. The first-order valence-electron chi connectivity index (χ1n) is 5.30. The maximum absolute atomic E-state index is 5.76. The van der Waals surface area contributed by atoms with Gasteiger partial charge in [-0.1, -0.05) is 22.0 Å². The average molecular weight is 292 g/mol. The van der Waals surface area contributed by atoms with Crippen LogP contribution >= 0.6 is 15.9 Å². The monoisotopic (exact) mass is 291 g/mol. The Balaban J connectivity index is 2.36. The number of nitrogens with zero attached hydrogens (tertiary/aromatic N) is 2. The predicted octanol–water partition coefficient (Wildman–Crippen LogP) is 3.50. The van der Waals surface area contributed by atoms with Crippen LogP contribution in [-0.2, 0) is 0 Å². The molecule has 0 saturated carbocycles. The quantitative estimate of drug-likeness (QED) is 0.921. The summed E-state index contributed by atoms with van der Waals surface area (Å²) in [4.78, 5) is 6.49. The largest absolute Gasteiger partial charge is 0.397 e. The van der Waals surface area contributed by atoms with Gasteiger partial charge in [-0.15, -0.1) is 0 Å². The number of hydrogen-bond donors (Lipinski definition) is 1. The molecule has 0 atom stereocenters. The lowest BCUT2D eigenvalue weighted by Gasteiger charge is -2.19. The number of pyridine rings is 1. The van der Waals surface area contributed by atoms with Gasteiger partial charge in [-0.25, -0.2) is 4.98 Å². The molecule has 0 bridgehead atoms. The van der Waals surface area contributed by atoms with Crippen molar-refractivity contribution in [1.82, 2.24) is 4.98 Å². The van der Waals surface area contributed by atoms with Crippen LogP contribution in [0, 0.1) is 6.92 Å². The molecular weight excluding hydrogens is 278 g/mol. The summed E-state index contributed by atoms with van der Waals surface area (Å²) in [5.74, 6) is 0.884. The first kappa shape index (κ1) is 11.9. The first-order valence-corrected chi connectivity index (χ1v) is 6.09. The molecule has 0 amide bonds. The minimum Gasteiger partial charge on any atom is -0.397 e. The van der Waals surface area contributed by atoms with Gasteiger partial charge in [0.1, 0.15) is 5.82 Å². The summed E-state index contributed by atoms with van der Waals surface area (Å²) in [5, 5.41) is 0. The van der Waals surface area contributed by atoms with Crippen molar-refractivity contribution in [2.24, 2.45) is 0 Å². The van der Waals surface area contributed by atoms with Crippen LogP contribution in [0.15, 0.2) is 40.9 Å². The molecule has 3 nitrogen and oxygen atoms in total. The van der Waals surface area contributed by atoms with E-state index in [1.54, 1.807) is 0 Å². The highest BCUT2D eigenvalue weighted by Gasteiger charge is 2.06. The van der Waals surface area contributed by atoms with Crippen molar-refractivity contribution < 1.29 is 0 Å². The van der Waals surface area contributed by atoms with Crippen molar-refractivity contribution in [2.75, 3.05) is 17.7 Å². The van der Waals surface area contributed by atoms with E-state index in [0.29, 0.717) is 0 Å². The Labute approximate surface area is 109 Å². The summed E-state index contributed by atoms with van der Waals surface area (Å²) in [5.41, 5.74) is 8.41. The highest BCUT2D eigenvalue weighted by molar-refractivity contribution is 9.10. The molecule has 0 aliphatic carbocycles. The van der Waals surface area contributed by atoms with Gasteiger partial charge >= 0.3 is 0 Å². The summed E-state index contributed by atoms with van der Waals surface area (Å²) in [7, 11) is 1.99. The number of rotatable bonds is 2. The number of nitrogens with two attached hydrogens (primary N) is 1. The molecule has 1 aromatic heterocycles. The van der Waals surface area contributed by atoms with Crippen LogP contribution in [0.25, 0.3) is 0 Å². The van der Waals surface area contributed by atoms with E-state index in [1.165, 1.54) is 0 Å². The zero-order valence-corrected chi connectivity index (χ0v) is 11.4. The fourth-order valence-electron chi connectivity index (χ4n) is 1.56. The van der Waals surface area contributed by atoms with E-state index in [0.717, 1.165) is 27.4 Å². The minimum atomic E-state index is 0.719. The molecular formula is C13H14BrN3. The summed E-state index contributed by atoms with van der Waals surface area (Å²) >= 11 is 3.46. The predicted molar refractivity (Wildman–Crippen MR) is 75.6 cm³/mol. The van der Waals surface area contributed by atoms with Crippen molar-refractivity contribution in [3.8, 4) is 0 Å². The van der Waals surface area contributed by atoms with Crippen LogP contribution in [0.4, 0.5) is 17.2 Å². The first-order chi connectivity index (χ1) is 8.08. The molecule has 0 spiro atoms. The standard InChI is InChI=1S/C13H14BrN3/c1-9-12(15)6-7-13(16-9)17(2)11-5-3-4-10(14)8-11/h3-8H,15H2,1-2H3. The molecule has 0 radical (unpaired) electrons. The van der Waals surface area contributed by atoms with E-state index in [2.05, 4.69) is 20.9 Å². The minimum absolute atomic E-state index is 0.719. The normalized spacial score (nSPS) is 10.3. The van der Waals surface area contributed by atoms with Gasteiger partial charge in [0.15, 0.2) is 0 Å². The molecule has 17 heavy (non-hydrogen) atoms. The lowest BCUT2D eigenvalue weighted by molar-refractivity contribution is 1.09. The van der Waals surface area contributed by atoms with Gasteiger partial charge in [0.2, 0.25) is 0 Å². The molecule has 1 heterocycles. The Kier molecular flexibility index (Phi) is 3.33. The van der Waals surface area contributed by atoms with E-state index >= 15 is 0 Å². The molecule has 2 aromatic rings. The lowest BCUT2D eigenvalue weighted by Crippen LogP contribution is -2.12. The Morgan fingerprint density at radius 1 is 1.24 bits per heavy atom. The van der Waals surface area contributed by atoms with Gasteiger partial charge in [-0.05, 0) is 37.3 Å². The number of anilines is 3. The van der Waals surface area contributed by atoms with Crippen LogP contribution in [0.1, 0.15) is 5.69 Å². The number of benzene rings is 1. The Morgan fingerprint density at radius 3 is 2.65 bits per heavy atom. The van der Waals surface area contributed by atoms with Crippen molar-refractivity contribution >= 4 is 33.1 Å². The third-order valence-corrected chi connectivity index (χ3v) is 3.14. The molecule has 1 aromatic carbocycles. The SMILES string of the molecule is Cc1nc(N(C)c2cccc(Br)c2)ccc1N. The third-order valence-electron chi connectivity index (χ3n) is 2.65. The second-order valence-electron chi connectivity index (χ2n) is 3.88. The van der Waals surface area contributed by atoms with E-state index in [9.17, 15) is 0 Å². The van der Waals surface area contributed by atoms with E-state index in [-0.39, 0.29) is 0 Å². The van der Waals surface area contributed by atoms with Crippen molar-refractivity contribution in [1.29, 1.82) is 0 Å². The van der Waals surface area contributed by atoms with Gasteiger partial charge in [0.25, 0.3) is 0 Å². The topological polar surface area (TPSA) is 42.2 Å². The summed E-state index contributed by atoms with van der Waals surface area (Å²) in [6.45, 7) is 1.91. The van der Waals surface area contributed by atoms with Crippen LogP contribution in [-0.4, -0.2) is 12.0 Å². The van der Waals surface area contributed by atoms with Crippen LogP contribution in [0.5, 0.6) is 0 Å².